The van der Waals surface area contributed by atoms with E-state index >= 15 is 0 Å². The van der Waals surface area contributed by atoms with E-state index in [-0.39, 0.29) is 30.7 Å². The molecule has 0 aliphatic rings. The Hall–Kier alpha value is -2.11. The fraction of sp³-hybridized carbons (Fsp3) is 0.533. The van der Waals surface area contributed by atoms with Crippen LogP contribution in [0.1, 0.15) is 26.7 Å². The molecule has 0 aliphatic carbocycles. The van der Waals surface area contributed by atoms with Gasteiger partial charge in [0.1, 0.15) is 6.04 Å². The van der Waals surface area contributed by atoms with Crippen LogP contribution in [0.5, 0.6) is 0 Å². The summed E-state index contributed by atoms with van der Waals surface area (Å²) in [6, 6.07) is -0.704. The number of amides is 2. The van der Waals surface area contributed by atoms with Gasteiger partial charge in [0.15, 0.2) is 0 Å². The summed E-state index contributed by atoms with van der Waals surface area (Å²) in [7, 11) is 1.28. The molecule has 118 valence electrons. The van der Waals surface area contributed by atoms with Gasteiger partial charge in [-0.05, 0) is 18.4 Å². The van der Waals surface area contributed by atoms with Crippen LogP contribution in [0.25, 0.3) is 0 Å². The molecular formula is C15H24N2O4. The zero-order valence-electron chi connectivity index (χ0n) is 12.8. The van der Waals surface area contributed by atoms with E-state index in [1.165, 1.54) is 13.2 Å². The molecule has 0 aromatic heterocycles. The van der Waals surface area contributed by atoms with Crippen molar-refractivity contribution < 1.29 is 19.1 Å². The molecule has 0 radical (unpaired) electrons. The second-order valence-corrected chi connectivity index (χ2v) is 4.81. The number of hydrogen-bond donors (Lipinski definition) is 2. The van der Waals surface area contributed by atoms with Crippen molar-refractivity contribution in [3.05, 3.63) is 24.8 Å². The number of methoxy groups -OCH3 is 1. The van der Waals surface area contributed by atoms with E-state index in [9.17, 15) is 14.4 Å². The summed E-state index contributed by atoms with van der Waals surface area (Å²) < 4.78 is 4.47. The molecule has 0 aromatic rings. The van der Waals surface area contributed by atoms with Crippen LogP contribution in [-0.2, 0) is 19.1 Å². The summed E-state index contributed by atoms with van der Waals surface area (Å²) in [4.78, 5) is 34.6. The molecule has 0 spiro atoms. The van der Waals surface area contributed by atoms with Gasteiger partial charge in [0.05, 0.1) is 13.5 Å². The Kier molecular flexibility index (Phi) is 9.58. The smallest absolute Gasteiger partial charge is 0.307 e. The van der Waals surface area contributed by atoms with Crippen molar-refractivity contribution in [3.8, 4) is 0 Å². The third kappa shape index (κ3) is 9.43. The SMILES string of the molecule is C=CCC(NC(=O)/C=C/C(C)C)C(=O)NCCC(=O)OC. The monoisotopic (exact) mass is 296 g/mol. The van der Waals surface area contributed by atoms with Crippen molar-refractivity contribution in [2.24, 2.45) is 5.92 Å². The molecule has 6 heteroatoms. The van der Waals surface area contributed by atoms with E-state index in [4.69, 9.17) is 0 Å². The van der Waals surface area contributed by atoms with Gasteiger partial charge in [-0.25, -0.2) is 0 Å². The molecule has 0 aliphatic heterocycles. The van der Waals surface area contributed by atoms with E-state index in [1.54, 1.807) is 12.2 Å². The summed E-state index contributed by atoms with van der Waals surface area (Å²) in [6.07, 6.45) is 5.10. The van der Waals surface area contributed by atoms with Crippen molar-refractivity contribution in [2.75, 3.05) is 13.7 Å². The van der Waals surface area contributed by atoms with Crippen molar-refractivity contribution >= 4 is 17.8 Å². The molecule has 0 rings (SSSR count). The van der Waals surface area contributed by atoms with Crippen molar-refractivity contribution in [3.63, 3.8) is 0 Å². The fourth-order valence-electron chi connectivity index (χ4n) is 1.41. The number of rotatable bonds is 9. The van der Waals surface area contributed by atoms with Gasteiger partial charge >= 0.3 is 5.97 Å². The molecule has 2 N–H and O–H groups in total. The Morgan fingerprint density at radius 1 is 1.29 bits per heavy atom. The first-order valence-corrected chi connectivity index (χ1v) is 6.84. The number of esters is 1. The molecule has 1 unspecified atom stereocenters. The number of allylic oxidation sites excluding steroid dienone is 1. The highest BCUT2D eigenvalue weighted by Gasteiger charge is 2.18. The molecule has 21 heavy (non-hydrogen) atoms. The minimum Gasteiger partial charge on any atom is -0.469 e. The Balaban J connectivity index is 4.38. The van der Waals surface area contributed by atoms with Crippen molar-refractivity contribution in [1.82, 2.24) is 10.6 Å². The number of carbonyl (C=O) groups is 3. The van der Waals surface area contributed by atoms with E-state index < -0.39 is 12.0 Å². The highest BCUT2D eigenvalue weighted by Crippen LogP contribution is 1.97. The Morgan fingerprint density at radius 3 is 2.48 bits per heavy atom. The maximum Gasteiger partial charge on any atom is 0.307 e. The highest BCUT2D eigenvalue weighted by molar-refractivity contribution is 5.93. The Bertz CT molecular complexity index is 402. The third-order valence-corrected chi connectivity index (χ3v) is 2.52. The third-order valence-electron chi connectivity index (χ3n) is 2.52. The molecule has 0 saturated carbocycles. The van der Waals surface area contributed by atoms with Crippen LogP contribution in [0, 0.1) is 5.92 Å². The second kappa shape index (κ2) is 10.7. The molecule has 0 aromatic carbocycles. The zero-order valence-corrected chi connectivity index (χ0v) is 12.8. The lowest BCUT2D eigenvalue weighted by Gasteiger charge is -2.16. The largest absolute Gasteiger partial charge is 0.469 e. The van der Waals surface area contributed by atoms with Crippen LogP contribution in [0.3, 0.4) is 0 Å². The number of nitrogens with one attached hydrogen (secondary N) is 2. The van der Waals surface area contributed by atoms with E-state index in [0.717, 1.165) is 0 Å². The van der Waals surface area contributed by atoms with Gasteiger partial charge in [0.25, 0.3) is 0 Å². The van der Waals surface area contributed by atoms with Crippen LogP contribution in [0.15, 0.2) is 24.8 Å². The van der Waals surface area contributed by atoms with Crippen LogP contribution < -0.4 is 10.6 Å². The summed E-state index contributed by atoms with van der Waals surface area (Å²) in [5.74, 6) is -0.842. The number of hydrogen-bond acceptors (Lipinski definition) is 4. The van der Waals surface area contributed by atoms with Crippen LogP contribution in [0.2, 0.25) is 0 Å². The first-order chi connectivity index (χ1) is 9.90. The van der Waals surface area contributed by atoms with E-state index in [1.807, 2.05) is 13.8 Å². The lowest BCUT2D eigenvalue weighted by atomic mass is 10.1. The minimum absolute atomic E-state index is 0.0875. The lowest BCUT2D eigenvalue weighted by molar-refractivity contribution is -0.140. The number of carbonyl (C=O) groups excluding carboxylic acids is 3. The first kappa shape index (κ1) is 18.9. The maximum absolute atomic E-state index is 11.9. The molecular weight excluding hydrogens is 272 g/mol. The van der Waals surface area contributed by atoms with Gasteiger partial charge in [0, 0.05) is 6.54 Å². The summed E-state index contributed by atoms with van der Waals surface area (Å²) in [5.41, 5.74) is 0. The van der Waals surface area contributed by atoms with Crippen molar-refractivity contribution in [2.45, 2.75) is 32.7 Å². The minimum atomic E-state index is -0.704. The van der Waals surface area contributed by atoms with E-state index in [2.05, 4.69) is 21.9 Å². The summed E-state index contributed by atoms with van der Waals surface area (Å²) >= 11 is 0. The molecule has 2 amide bonds. The van der Waals surface area contributed by atoms with Crippen molar-refractivity contribution in [1.29, 1.82) is 0 Å². The van der Waals surface area contributed by atoms with Gasteiger partial charge in [-0.2, -0.15) is 0 Å². The Labute approximate surface area is 125 Å². The maximum atomic E-state index is 11.9. The predicted octanol–water partition coefficient (Wildman–Crippen LogP) is 0.939. The lowest BCUT2D eigenvalue weighted by Crippen LogP contribution is -2.46. The van der Waals surface area contributed by atoms with Crippen LogP contribution >= 0.6 is 0 Å². The average Bonchev–Trinajstić information content (AvgIpc) is 2.44. The molecule has 0 fully saturated rings. The second-order valence-electron chi connectivity index (χ2n) is 4.81. The summed E-state index contributed by atoms with van der Waals surface area (Å²) in [5, 5.41) is 5.18. The van der Waals surface area contributed by atoms with Gasteiger partial charge in [-0.1, -0.05) is 26.0 Å². The standard InChI is InChI=1S/C15H24N2O4/c1-5-6-12(17-13(18)8-7-11(2)3)15(20)16-10-9-14(19)21-4/h5,7-8,11-12H,1,6,9-10H2,2-4H3,(H,16,20)(H,17,18)/b8-7+. The van der Waals surface area contributed by atoms with Gasteiger partial charge < -0.3 is 15.4 Å². The quantitative estimate of drug-likeness (QED) is 0.377. The van der Waals surface area contributed by atoms with Crippen LogP contribution in [-0.4, -0.2) is 37.5 Å². The van der Waals surface area contributed by atoms with Crippen LogP contribution in [0.4, 0.5) is 0 Å². The molecule has 0 heterocycles. The molecule has 1 atom stereocenters. The predicted molar refractivity (Wildman–Crippen MR) is 80.4 cm³/mol. The zero-order chi connectivity index (χ0) is 16.3. The number of ether oxygens (including phenoxy) is 1. The molecule has 6 nitrogen and oxygen atoms in total. The Morgan fingerprint density at radius 2 is 1.95 bits per heavy atom. The summed E-state index contributed by atoms with van der Waals surface area (Å²) in [6.45, 7) is 7.62. The van der Waals surface area contributed by atoms with E-state index in [0.29, 0.717) is 6.42 Å². The first-order valence-electron chi connectivity index (χ1n) is 6.84. The fourth-order valence-corrected chi connectivity index (χ4v) is 1.41. The van der Waals surface area contributed by atoms with Gasteiger partial charge in [-0.15, -0.1) is 6.58 Å². The average molecular weight is 296 g/mol. The van der Waals surface area contributed by atoms with Gasteiger partial charge in [-0.3, -0.25) is 14.4 Å². The molecule has 0 saturated heterocycles. The highest BCUT2D eigenvalue weighted by atomic mass is 16.5. The molecule has 0 bridgehead atoms. The van der Waals surface area contributed by atoms with Gasteiger partial charge in [0.2, 0.25) is 11.8 Å². The topological polar surface area (TPSA) is 84.5 Å². The normalized spacial score (nSPS) is 12.0.